The van der Waals surface area contributed by atoms with Gasteiger partial charge in [0.05, 0.1) is 23.3 Å². The maximum Gasteiger partial charge on any atom is 0.277 e. The van der Waals surface area contributed by atoms with Crippen molar-refractivity contribution in [1.29, 1.82) is 0 Å². The molecule has 1 aliphatic rings. The molecule has 2 aromatic carbocycles. The van der Waals surface area contributed by atoms with Crippen molar-refractivity contribution in [3.05, 3.63) is 66.1 Å². The zero-order chi connectivity index (χ0) is 22.6. The molecule has 2 atom stereocenters. The van der Waals surface area contributed by atoms with Crippen LogP contribution >= 0.6 is 11.8 Å². The SMILES string of the molecule is C[C@H](NC(=O)CSc1nnc(C[C@H]2CCS(=O)(=O)C2)o1)c1ccc(-c2ccccc2)cc1. The Kier molecular flexibility index (Phi) is 6.95. The van der Waals surface area contributed by atoms with Gasteiger partial charge in [-0.2, -0.15) is 0 Å². The van der Waals surface area contributed by atoms with Gasteiger partial charge in [0.1, 0.15) is 0 Å². The van der Waals surface area contributed by atoms with Crippen molar-refractivity contribution in [2.45, 2.75) is 31.0 Å². The summed E-state index contributed by atoms with van der Waals surface area (Å²) < 4.78 is 28.7. The predicted octanol–water partition coefficient (Wildman–Crippen LogP) is 3.68. The molecular formula is C23H25N3O4S2. The van der Waals surface area contributed by atoms with Crippen LogP contribution in [0.3, 0.4) is 0 Å². The Morgan fingerprint density at radius 2 is 1.84 bits per heavy atom. The zero-order valence-corrected chi connectivity index (χ0v) is 19.4. The summed E-state index contributed by atoms with van der Waals surface area (Å²) >= 11 is 1.17. The number of sulfone groups is 1. The van der Waals surface area contributed by atoms with Crippen LogP contribution in [-0.4, -0.2) is 41.8 Å². The molecule has 168 valence electrons. The molecule has 0 bridgehead atoms. The molecule has 0 spiro atoms. The Bertz CT molecular complexity index is 1160. The molecule has 1 aromatic heterocycles. The lowest BCUT2D eigenvalue weighted by Gasteiger charge is -2.14. The molecule has 0 radical (unpaired) electrons. The third-order valence-corrected chi connectivity index (χ3v) is 8.12. The van der Waals surface area contributed by atoms with Gasteiger partial charge in [-0.1, -0.05) is 66.4 Å². The van der Waals surface area contributed by atoms with E-state index in [-0.39, 0.29) is 35.1 Å². The van der Waals surface area contributed by atoms with Crippen molar-refractivity contribution < 1.29 is 17.6 Å². The van der Waals surface area contributed by atoms with E-state index in [4.69, 9.17) is 4.42 Å². The van der Waals surface area contributed by atoms with E-state index in [0.29, 0.717) is 24.0 Å². The van der Waals surface area contributed by atoms with Gasteiger partial charge < -0.3 is 9.73 Å². The Labute approximate surface area is 191 Å². The lowest BCUT2D eigenvalue weighted by molar-refractivity contribution is -0.119. The van der Waals surface area contributed by atoms with Crippen LogP contribution in [0, 0.1) is 5.92 Å². The van der Waals surface area contributed by atoms with E-state index in [1.165, 1.54) is 11.8 Å². The zero-order valence-electron chi connectivity index (χ0n) is 17.7. The average molecular weight is 472 g/mol. The smallest absolute Gasteiger partial charge is 0.277 e. The highest BCUT2D eigenvalue weighted by Crippen LogP contribution is 2.25. The summed E-state index contributed by atoms with van der Waals surface area (Å²) in [5, 5.41) is 11.2. The van der Waals surface area contributed by atoms with E-state index in [0.717, 1.165) is 16.7 Å². The first-order valence-corrected chi connectivity index (χ1v) is 13.3. The van der Waals surface area contributed by atoms with Gasteiger partial charge in [0, 0.05) is 6.42 Å². The standard InChI is InChI=1S/C23H25N3O4S2/c1-16(18-7-9-20(10-8-18)19-5-3-2-4-6-19)24-21(27)14-31-23-26-25-22(30-23)13-17-11-12-32(28,29)15-17/h2-10,16-17H,11-15H2,1H3,(H,24,27)/t16-,17+/m0/s1. The number of nitrogens with zero attached hydrogens (tertiary/aromatic N) is 2. The molecule has 1 fully saturated rings. The van der Waals surface area contributed by atoms with Crippen LogP contribution in [0.4, 0.5) is 0 Å². The minimum Gasteiger partial charge on any atom is -0.416 e. The number of hydrogen-bond acceptors (Lipinski definition) is 7. The quantitative estimate of drug-likeness (QED) is 0.500. The first kappa shape index (κ1) is 22.5. The fourth-order valence-electron chi connectivity index (χ4n) is 3.75. The third kappa shape index (κ3) is 5.98. The summed E-state index contributed by atoms with van der Waals surface area (Å²) in [4.78, 5) is 12.4. The summed E-state index contributed by atoms with van der Waals surface area (Å²) in [6.07, 6.45) is 1.08. The second-order valence-corrected chi connectivity index (χ2v) is 11.2. The molecule has 32 heavy (non-hydrogen) atoms. The molecule has 2 heterocycles. The van der Waals surface area contributed by atoms with Crippen LogP contribution in [0.25, 0.3) is 11.1 Å². The minimum absolute atomic E-state index is 0.0238. The predicted molar refractivity (Wildman–Crippen MR) is 124 cm³/mol. The molecule has 0 aliphatic carbocycles. The summed E-state index contributed by atoms with van der Waals surface area (Å²) in [5.41, 5.74) is 3.31. The number of amides is 1. The monoisotopic (exact) mass is 471 g/mol. The highest BCUT2D eigenvalue weighted by Gasteiger charge is 2.29. The minimum atomic E-state index is -2.93. The lowest BCUT2D eigenvalue weighted by Crippen LogP contribution is -2.28. The Morgan fingerprint density at radius 3 is 2.53 bits per heavy atom. The van der Waals surface area contributed by atoms with Gasteiger partial charge in [0.25, 0.3) is 5.22 Å². The van der Waals surface area contributed by atoms with Crippen molar-refractivity contribution in [3.63, 3.8) is 0 Å². The van der Waals surface area contributed by atoms with Gasteiger partial charge in [-0.25, -0.2) is 8.42 Å². The Morgan fingerprint density at radius 1 is 1.12 bits per heavy atom. The molecule has 1 N–H and O–H groups in total. The fourth-order valence-corrected chi connectivity index (χ4v) is 6.20. The average Bonchev–Trinajstić information content (AvgIpc) is 3.38. The second-order valence-electron chi connectivity index (χ2n) is 8.00. The number of thioether (sulfide) groups is 1. The number of benzene rings is 2. The van der Waals surface area contributed by atoms with E-state index in [1.807, 2.05) is 37.3 Å². The van der Waals surface area contributed by atoms with Gasteiger partial charge in [-0.15, -0.1) is 10.2 Å². The number of carbonyl (C=O) groups is 1. The fraction of sp³-hybridized carbons (Fsp3) is 0.348. The summed E-state index contributed by atoms with van der Waals surface area (Å²) in [5.74, 6) is 0.866. The van der Waals surface area contributed by atoms with Gasteiger partial charge in [0.15, 0.2) is 9.84 Å². The van der Waals surface area contributed by atoms with Gasteiger partial charge in [-0.3, -0.25) is 4.79 Å². The molecule has 9 heteroatoms. The molecule has 0 saturated carbocycles. The lowest BCUT2D eigenvalue weighted by atomic mass is 10.0. The second kappa shape index (κ2) is 9.87. The van der Waals surface area contributed by atoms with Crippen molar-refractivity contribution in [2.75, 3.05) is 17.3 Å². The number of hydrogen-bond donors (Lipinski definition) is 1. The Hall–Kier alpha value is -2.65. The molecule has 1 aliphatic heterocycles. The van der Waals surface area contributed by atoms with Crippen molar-refractivity contribution in [2.24, 2.45) is 5.92 Å². The molecule has 1 saturated heterocycles. The van der Waals surface area contributed by atoms with Gasteiger partial charge >= 0.3 is 0 Å². The van der Waals surface area contributed by atoms with Crippen LogP contribution in [0.5, 0.6) is 0 Å². The van der Waals surface area contributed by atoms with Crippen LogP contribution in [0.1, 0.15) is 30.8 Å². The van der Waals surface area contributed by atoms with Crippen molar-refractivity contribution in [3.8, 4) is 11.1 Å². The van der Waals surface area contributed by atoms with E-state index in [2.05, 4.69) is 39.8 Å². The first-order valence-electron chi connectivity index (χ1n) is 10.5. The molecule has 7 nitrogen and oxygen atoms in total. The molecule has 4 rings (SSSR count). The van der Waals surface area contributed by atoms with Gasteiger partial charge in [0.2, 0.25) is 11.8 Å². The largest absolute Gasteiger partial charge is 0.416 e. The number of rotatable bonds is 8. The molecule has 1 amide bonds. The van der Waals surface area contributed by atoms with E-state index in [1.54, 1.807) is 0 Å². The van der Waals surface area contributed by atoms with Gasteiger partial charge in [-0.05, 0) is 36.0 Å². The van der Waals surface area contributed by atoms with Crippen LogP contribution in [-0.2, 0) is 21.1 Å². The van der Waals surface area contributed by atoms with Crippen LogP contribution < -0.4 is 5.32 Å². The molecular weight excluding hydrogens is 446 g/mol. The summed E-state index contributed by atoms with van der Waals surface area (Å²) in [6.45, 7) is 1.94. The summed E-state index contributed by atoms with van der Waals surface area (Å²) in [6, 6.07) is 18.2. The van der Waals surface area contributed by atoms with E-state index >= 15 is 0 Å². The normalized spacial score (nSPS) is 18.3. The van der Waals surface area contributed by atoms with Crippen LogP contribution in [0.15, 0.2) is 64.2 Å². The highest BCUT2D eigenvalue weighted by molar-refractivity contribution is 7.99. The van der Waals surface area contributed by atoms with E-state index in [9.17, 15) is 13.2 Å². The highest BCUT2D eigenvalue weighted by atomic mass is 32.2. The van der Waals surface area contributed by atoms with Crippen molar-refractivity contribution >= 4 is 27.5 Å². The van der Waals surface area contributed by atoms with E-state index < -0.39 is 9.84 Å². The Balaban J connectivity index is 1.25. The third-order valence-electron chi connectivity index (χ3n) is 5.46. The number of aromatic nitrogens is 2. The molecule has 0 unspecified atom stereocenters. The maximum atomic E-state index is 12.4. The number of nitrogens with one attached hydrogen (secondary N) is 1. The maximum absolute atomic E-state index is 12.4. The van der Waals surface area contributed by atoms with Crippen molar-refractivity contribution in [1.82, 2.24) is 15.5 Å². The summed E-state index contributed by atoms with van der Waals surface area (Å²) in [7, 11) is -2.93. The first-order chi connectivity index (χ1) is 15.4. The topological polar surface area (TPSA) is 102 Å². The van der Waals surface area contributed by atoms with Crippen LogP contribution in [0.2, 0.25) is 0 Å². The number of carbonyl (C=O) groups excluding carboxylic acids is 1. The molecule has 3 aromatic rings.